The van der Waals surface area contributed by atoms with Gasteiger partial charge in [0, 0.05) is 0 Å². The zero-order valence-corrected chi connectivity index (χ0v) is 6.94. The molecule has 60 valence electrons. The highest BCUT2D eigenvalue weighted by Crippen LogP contribution is 2.31. The van der Waals surface area contributed by atoms with E-state index < -0.39 is 6.17 Å². The van der Waals surface area contributed by atoms with Crippen molar-refractivity contribution in [1.29, 1.82) is 0 Å². The highest BCUT2D eigenvalue weighted by Gasteiger charge is 2.26. The van der Waals surface area contributed by atoms with Crippen LogP contribution < -0.4 is 0 Å². The van der Waals surface area contributed by atoms with Crippen molar-refractivity contribution in [2.45, 2.75) is 45.7 Å². The maximum absolute atomic E-state index is 13.1. The van der Waals surface area contributed by atoms with Crippen molar-refractivity contribution in [2.24, 2.45) is 11.8 Å². The first kappa shape index (κ1) is 8.03. The van der Waals surface area contributed by atoms with E-state index in [1.54, 1.807) is 0 Å². The van der Waals surface area contributed by atoms with Crippen molar-refractivity contribution >= 4 is 0 Å². The molecule has 1 saturated carbocycles. The summed E-state index contributed by atoms with van der Waals surface area (Å²) in [6, 6.07) is 0. The molecule has 0 heterocycles. The third-order valence-electron chi connectivity index (χ3n) is 2.59. The minimum Gasteiger partial charge on any atom is -0.247 e. The van der Waals surface area contributed by atoms with Crippen LogP contribution in [0.4, 0.5) is 4.39 Å². The summed E-state index contributed by atoms with van der Waals surface area (Å²) in [5.74, 6) is 0.893. The molecule has 1 rings (SSSR count). The Morgan fingerprint density at radius 3 is 2.20 bits per heavy atom. The van der Waals surface area contributed by atoms with Gasteiger partial charge in [-0.3, -0.25) is 0 Å². The molecule has 0 N–H and O–H groups in total. The van der Waals surface area contributed by atoms with Gasteiger partial charge in [0.05, 0.1) is 0 Å². The Bertz CT molecular complexity index is 98.9. The fraction of sp³-hybridized carbons (Fsp3) is 1.00. The Balaban J connectivity index is 2.40. The average molecular weight is 144 g/mol. The lowest BCUT2D eigenvalue weighted by Gasteiger charge is -2.28. The van der Waals surface area contributed by atoms with Gasteiger partial charge in [-0.15, -0.1) is 0 Å². The van der Waals surface area contributed by atoms with Gasteiger partial charge in [-0.25, -0.2) is 4.39 Å². The highest BCUT2D eigenvalue weighted by molar-refractivity contribution is 4.76. The van der Waals surface area contributed by atoms with E-state index in [0.717, 1.165) is 19.3 Å². The van der Waals surface area contributed by atoms with Gasteiger partial charge in [0.2, 0.25) is 0 Å². The van der Waals surface area contributed by atoms with Gasteiger partial charge in [0.15, 0.2) is 0 Å². The fourth-order valence-electron chi connectivity index (χ4n) is 1.87. The molecule has 0 aromatic heterocycles. The standard InChI is InChI=1S/C9H17F/c1-7(2)8-5-3-4-6-9(8)10/h7-9H,3-6H2,1-2H3. The molecule has 1 fully saturated rings. The van der Waals surface area contributed by atoms with E-state index in [1.165, 1.54) is 6.42 Å². The second-order valence-electron chi connectivity index (χ2n) is 3.71. The quantitative estimate of drug-likeness (QED) is 0.530. The summed E-state index contributed by atoms with van der Waals surface area (Å²) in [5.41, 5.74) is 0. The number of rotatable bonds is 1. The predicted octanol–water partition coefficient (Wildman–Crippen LogP) is 3.17. The lowest BCUT2D eigenvalue weighted by molar-refractivity contribution is 0.127. The second-order valence-corrected chi connectivity index (χ2v) is 3.71. The fourth-order valence-corrected chi connectivity index (χ4v) is 1.87. The minimum atomic E-state index is -0.506. The van der Waals surface area contributed by atoms with Crippen LogP contribution in [0.5, 0.6) is 0 Å². The molecule has 0 aliphatic heterocycles. The van der Waals surface area contributed by atoms with Gasteiger partial charge in [-0.1, -0.05) is 26.7 Å². The van der Waals surface area contributed by atoms with Crippen LogP contribution in [0, 0.1) is 11.8 Å². The van der Waals surface area contributed by atoms with Gasteiger partial charge in [-0.05, 0) is 24.7 Å². The number of halogens is 1. The summed E-state index contributed by atoms with van der Waals surface area (Å²) in [4.78, 5) is 0. The molecule has 0 nitrogen and oxygen atoms in total. The van der Waals surface area contributed by atoms with E-state index in [1.807, 2.05) is 0 Å². The summed E-state index contributed by atoms with van der Waals surface area (Å²) < 4.78 is 13.1. The van der Waals surface area contributed by atoms with E-state index in [2.05, 4.69) is 13.8 Å². The third kappa shape index (κ3) is 1.71. The summed E-state index contributed by atoms with van der Waals surface area (Å²) >= 11 is 0. The lowest BCUT2D eigenvalue weighted by atomic mass is 9.80. The minimum absolute atomic E-state index is 0.355. The van der Waals surface area contributed by atoms with Crippen LogP contribution in [0.15, 0.2) is 0 Å². The smallest absolute Gasteiger partial charge is 0.103 e. The van der Waals surface area contributed by atoms with Crippen LogP contribution in [0.3, 0.4) is 0 Å². The monoisotopic (exact) mass is 144 g/mol. The number of hydrogen-bond acceptors (Lipinski definition) is 0. The molecule has 10 heavy (non-hydrogen) atoms. The normalized spacial score (nSPS) is 34.8. The SMILES string of the molecule is CC(C)C1CCCCC1F. The number of alkyl halides is 1. The number of hydrogen-bond donors (Lipinski definition) is 0. The van der Waals surface area contributed by atoms with Gasteiger partial charge in [-0.2, -0.15) is 0 Å². The molecule has 0 aromatic carbocycles. The maximum Gasteiger partial charge on any atom is 0.103 e. The van der Waals surface area contributed by atoms with E-state index in [4.69, 9.17) is 0 Å². The molecular formula is C9H17F. The molecule has 0 saturated heterocycles. The summed E-state index contributed by atoms with van der Waals surface area (Å²) in [5, 5.41) is 0. The molecular weight excluding hydrogens is 127 g/mol. The molecule has 2 unspecified atom stereocenters. The molecule has 0 aromatic rings. The largest absolute Gasteiger partial charge is 0.247 e. The van der Waals surface area contributed by atoms with E-state index in [9.17, 15) is 4.39 Å². The first-order valence-electron chi connectivity index (χ1n) is 4.36. The van der Waals surface area contributed by atoms with Crippen LogP contribution >= 0.6 is 0 Å². The molecule has 0 bridgehead atoms. The molecule has 0 amide bonds. The van der Waals surface area contributed by atoms with Crippen molar-refractivity contribution < 1.29 is 4.39 Å². The van der Waals surface area contributed by atoms with E-state index in [0.29, 0.717) is 11.8 Å². The van der Waals surface area contributed by atoms with Gasteiger partial charge in [0.1, 0.15) is 6.17 Å². The van der Waals surface area contributed by atoms with Crippen molar-refractivity contribution in [3.63, 3.8) is 0 Å². The maximum atomic E-state index is 13.1. The topological polar surface area (TPSA) is 0 Å². The van der Waals surface area contributed by atoms with Crippen LogP contribution in [0.1, 0.15) is 39.5 Å². The zero-order valence-electron chi connectivity index (χ0n) is 6.94. The Morgan fingerprint density at radius 2 is 1.80 bits per heavy atom. The molecule has 1 aliphatic rings. The Hall–Kier alpha value is -0.0700. The van der Waals surface area contributed by atoms with Crippen molar-refractivity contribution in [3.8, 4) is 0 Å². The van der Waals surface area contributed by atoms with Crippen LogP contribution in [0.2, 0.25) is 0 Å². The summed E-state index contributed by atoms with van der Waals surface area (Å²) in [6.07, 6.45) is 3.75. The molecule has 1 aliphatic carbocycles. The molecule has 0 spiro atoms. The van der Waals surface area contributed by atoms with Crippen molar-refractivity contribution in [1.82, 2.24) is 0 Å². The first-order valence-corrected chi connectivity index (χ1v) is 4.36. The Kier molecular flexibility index (Phi) is 2.70. The summed E-state index contributed by atoms with van der Waals surface area (Å²) in [7, 11) is 0. The highest BCUT2D eigenvalue weighted by atomic mass is 19.1. The first-order chi connectivity index (χ1) is 4.72. The molecule has 0 radical (unpaired) electrons. The molecule has 1 heteroatoms. The van der Waals surface area contributed by atoms with Crippen molar-refractivity contribution in [2.75, 3.05) is 0 Å². The van der Waals surface area contributed by atoms with Crippen LogP contribution in [-0.2, 0) is 0 Å². The zero-order chi connectivity index (χ0) is 7.56. The molecule has 2 atom stereocenters. The van der Waals surface area contributed by atoms with E-state index >= 15 is 0 Å². The van der Waals surface area contributed by atoms with Gasteiger partial charge in [0.25, 0.3) is 0 Å². The van der Waals surface area contributed by atoms with Gasteiger partial charge < -0.3 is 0 Å². The summed E-state index contributed by atoms with van der Waals surface area (Å²) in [6.45, 7) is 4.26. The van der Waals surface area contributed by atoms with E-state index in [-0.39, 0.29) is 0 Å². The Labute approximate surface area is 62.8 Å². The third-order valence-corrected chi connectivity index (χ3v) is 2.59. The second kappa shape index (κ2) is 3.36. The van der Waals surface area contributed by atoms with Gasteiger partial charge >= 0.3 is 0 Å². The van der Waals surface area contributed by atoms with Crippen molar-refractivity contribution in [3.05, 3.63) is 0 Å². The Morgan fingerprint density at radius 1 is 1.20 bits per heavy atom. The van der Waals surface area contributed by atoms with Crippen LogP contribution in [0.25, 0.3) is 0 Å². The lowest BCUT2D eigenvalue weighted by Crippen LogP contribution is -2.24. The average Bonchev–Trinajstić information content (AvgIpc) is 1.88. The predicted molar refractivity (Wildman–Crippen MR) is 41.7 cm³/mol. The van der Waals surface area contributed by atoms with Crippen LogP contribution in [-0.4, -0.2) is 6.17 Å².